The number of aromatic nitrogens is 1. The minimum Gasteiger partial charge on any atom is -0.352 e. The summed E-state index contributed by atoms with van der Waals surface area (Å²) in [6.07, 6.45) is -3.12. The Morgan fingerprint density at radius 1 is 1.13 bits per heavy atom. The van der Waals surface area contributed by atoms with Gasteiger partial charge in [0, 0.05) is 25.6 Å². The third-order valence-electron chi connectivity index (χ3n) is 5.22. The van der Waals surface area contributed by atoms with Crippen LogP contribution < -0.4 is 10.2 Å². The van der Waals surface area contributed by atoms with Crippen LogP contribution in [0, 0.1) is 11.7 Å². The van der Waals surface area contributed by atoms with Crippen LogP contribution in [0.2, 0.25) is 0 Å². The van der Waals surface area contributed by atoms with Gasteiger partial charge in [0.15, 0.2) is 5.13 Å². The zero-order valence-electron chi connectivity index (χ0n) is 15.9. The molecule has 30 heavy (non-hydrogen) atoms. The van der Waals surface area contributed by atoms with E-state index >= 15 is 0 Å². The summed E-state index contributed by atoms with van der Waals surface area (Å²) in [4.78, 5) is 18.8. The Balaban J connectivity index is 1.34. The van der Waals surface area contributed by atoms with Gasteiger partial charge in [0.2, 0.25) is 5.91 Å². The summed E-state index contributed by atoms with van der Waals surface area (Å²) in [5.41, 5.74) is 0.460. The molecule has 1 amide bonds. The largest absolute Gasteiger partial charge is 0.416 e. The van der Waals surface area contributed by atoms with Gasteiger partial charge in [-0.3, -0.25) is 4.79 Å². The minimum atomic E-state index is -4.39. The summed E-state index contributed by atoms with van der Waals surface area (Å²) in [6, 6.07) is 9.58. The standard InChI is InChI=1S/C21H19F4N3OS/c22-16-4-1-13(2-5-16)12-26-19(29)14-7-9-28(10-8-14)20-27-17-11-15(21(23,24)25)3-6-18(17)30-20/h1-6,11,14H,7-10,12H2,(H,26,29). The van der Waals surface area contributed by atoms with E-state index in [0.717, 1.165) is 17.7 Å². The summed E-state index contributed by atoms with van der Waals surface area (Å²) in [6.45, 7) is 1.57. The minimum absolute atomic E-state index is 0.0434. The van der Waals surface area contributed by atoms with E-state index in [1.807, 2.05) is 4.90 Å². The lowest BCUT2D eigenvalue weighted by molar-refractivity contribution is -0.137. The molecule has 0 bridgehead atoms. The molecule has 9 heteroatoms. The number of amides is 1. The van der Waals surface area contributed by atoms with Gasteiger partial charge in [0.25, 0.3) is 0 Å². The monoisotopic (exact) mass is 437 g/mol. The van der Waals surface area contributed by atoms with Crippen molar-refractivity contribution in [3.8, 4) is 0 Å². The first-order chi connectivity index (χ1) is 14.3. The highest BCUT2D eigenvalue weighted by Crippen LogP contribution is 2.36. The Morgan fingerprint density at radius 2 is 1.83 bits per heavy atom. The van der Waals surface area contributed by atoms with E-state index in [1.165, 1.54) is 29.5 Å². The van der Waals surface area contributed by atoms with Crippen LogP contribution >= 0.6 is 11.3 Å². The summed E-state index contributed by atoms with van der Waals surface area (Å²) >= 11 is 1.36. The maximum Gasteiger partial charge on any atom is 0.416 e. The molecule has 0 aliphatic carbocycles. The van der Waals surface area contributed by atoms with Crippen LogP contribution in [0.1, 0.15) is 24.0 Å². The molecule has 1 fully saturated rings. The van der Waals surface area contributed by atoms with Gasteiger partial charge in [-0.25, -0.2) is 9.37 Å². The highest BCUT2D eigenvalue weighted by Gasteiger charge is 2.31. The smallest absolute Gasteiger partial charge is 0.352 e. The number of anilines is 1. The van der Waals surface area contributed by atoms with Gasteiger partial charge >= 0.3 is 6.18 Å². The number of carbonyl (C=O) groups is 1. The number of nitrogens with one attached hydrogen (secondary N) is 1. The second kappa shape index (κ2) is 8.22. The highest BCUT2D eigenvalue weighted by molar-refractivity contribution is 7.22. The molecule has 158 valence electrons. The first kappa shape index (κ1) is 20.6. The van der Waals surface area contributed by atoms with Crippen molar-refractivity contribution in [1.82, 2.24) is 10.3 Å². The maximum absolute atomic E-state index is 12.9. The van der Waals surface area contributed by atoms with Gasteiger partial charge in [0.05, 0.1) is 15.8 Å². The lowest BCUT2D eigenvalue weighted by Crippen LogP contribution is -2.40. The number of fused-ring (bicyclic) bond motifs is 1. The first-order valence-corrected chi connectivity index (χ1v) is 10.4. The molecule has 4 nitrogen and oxygen atoms in total. The molecule has 1 saturated heterocycles. The van der Waals surface area contributed by atoms with Crippen LogP contribution in [0.3, 0.4) is 0 Å². The molecule has 4 rings (SSSR count). The molecule has 1 aliphatic rings. The fourth-order valence-corrected chi connectivity index (χ4v) is 4.49. The number of rotatable bonds is 4. The Labute approximate surface area is 174 Å². The van der Waals surface area contributed by atoms with Gasteiger partial charge in [0.1, 0.15) is 5.82 Å². The number of thiazole rings is 1. The molecule has 2 aromatic carbocycles. The Morgan fingerprint density at radius 3 is 2.50 bits per heavy atom. The molecule has 1 aromatic heterocycles. The van der Waals surface area contributed by atoms with Crippen molar-refractivity contribution in [2.45, 2.75) is 25.6 Å². The van der Waals surface area contributed by atoms with Gasteiger partial charge < -0.3 is 10.2 Å². The average molecular weight is 437 g/mol. The summed E-state index contributed by atoms with van der Waals surface area (Å²) in [7, 11) is 0. The van der Waals surface area contributed by atoms with Crippen molar-refractivity contribution in [2.75, 3.05) is 18.0 Å². The van der Waals surface area contributed by atoms with Gasteiger partial charge in [-0.2, -0.15) is 13.2 Å². The topological polar surface area (TPSA) is 45.2 Å². The number of hydrogen-bond acceptors (Lipinski definition) is 4. The van der Waals surface area contributed by atoms with Crippen LogP contribution in [0.5, 0.6) is 0 Å². The second-order valence-corrected chi connectivity index (χ2v) is 8.29. The molecule has 3 aromatic rings. The highest BCUT2D eigenvalue weighted by atomic mass is 32.1. The van der Waals surface area contributed by atoms with E-state index in [4.69, 9.17) is 0 Å². The molecule has 1 N–H and O–H groups in total. The van der Waals surface area contributed by atoms with Crippen LogP contribution in [0.15, 0.2) is 42.5 Å². The van der Waals surface area contributed by atoms with E-state index in [-0.39, 0.29) is 17.6 Å². The van der Waals surface area contributed by atoms with Crippen molar-refractivity contribution in [1.29, 1.82) is 0 Å². The lowest BCUT2D eigenvalue weighted by atomic mass is 9.96. The van der Waals surface area contributed by atoms with Crippen molar-refractivity contribution >= 4 is 32.6 Å². The maximum atomic E-state index is 12.9. The average Bonchev–Trinajstić information content (AvgIpc) is 3.16. The molecule has 0 spiro atoms. The lowest BCUT2D eigenvalue weighted by Gasteiger charge is -2.31. The fourth-order valence-electron chi connectivity index (χ4n) is 3.50. The van der Waals surface area contributed by atoms with Crippen LogP contribution in [-0.4, -0.2) is 24.0 Å². The quantitative estimate of drug-likeness (QED) is 0.585. The molecule has 0 unspecified atom stereocenters. The fraction of sp³-hybridized carbons (Fsp3) is 0.333. The van der Waals surface area contributed by atoms with E-state index in [0.29, 0.717) is 47.8 Å². The molecule has 0 radical (unpaired) electrons. The zero-order valence-corrected chi connectivity index (χ0v) is 16.7. The van der Waals surface area contributed by atoms with Gasteiger partial charge in [-0.1, -0.05) is 23.5 Å². The van der Waals surface area contributed by atoms with E-state index in [1.54, 1.807) is 12.1 Å². The zero-order chi connectivity index (χ0) is 21.3. The Hall–Kier alpha value is -2.68. The van der Waals surface area contributed by atoms with Crippen molar-refractivity contribution < 1.29 is 22.4 Å². The number of halogens is 4. The molecule has 0 saturated carbocycles. The molecule has 2 heterocycles. The van der Waals surface area contributed by atoms with E-state index < -0.39 is 11.7 Å². The second-order valence-electron chi connectivity index (χ2n) is 7.28. The van der Waals surface area contributed by atoms with Crippen LogP contribution in [0.4, 0.5) is 22.7 Å². The van der Waals surface area contributed by atoms with E-state index in [2.05, 4.69) is 10.3 Å². The number of benzene rings is 2. The third-order valence-corrected chi connectivity index (χ3v) is 6.32. The predicted octanol–water partition coefficient (Wildman–Crippen LogP) is 4.99. The number of carbonyl (C=O) groups excluding carboxylic acids is 1. The van der Waals surface area contributed by atoms with Gasteiger partial charge in [-0.05, 0) is 48.7 Å². The number of hydrogen-bond donors (Lipinski definition) is 1. The van der Waals surface area contributed by atoms with Gasteiger partial charge in [-0.15, -0.1) is 0 Å². The third kappa shape index (κ3) is 4.56. The summed E-state index contributed by atoms with van der Waals surface area (Å²) in [5, 5.41) is 3.56. The Bertz CT molecular complexity index is 1040. The van der Waals surface area contributed by atoms with Crippen molar-refractivity contribution in [3.05, 3.63) is 59.4 Å². The predicted molar refractivity (Wildman–Crippen MR) is 108 cm³/mol. The van der Waals surface area contributed by atoms with E-state index in [9.17, 15) is 22.4 Å². The SMILES string of the molecule is O=C(NCc1ccc(F)cc1)C1CCN(c2nc3cc(C(F)(F)F)ccc3s2)CC1. The van der Waals surface area contributed by atoms with Crippen molar-refractivity contribution in [3.63, 3.8) is 0 Å². The Kier molecular flexibility index (Phi) is 5.64. The molecule has 0 atom stereocenters. The normalized spacial score (nSPS) is 15.5. The number of piperidine rings is 1. The molecular formula is C21H19F4N3OS. The summed E-state index contributed by atoms with van der Waals surface area (Å²) in [5.74, 6) is -0.493. The number of nitrogens with zero attached hydrogens (tertiary/aromatic N) is 2. The summed E-state index contributed by atoms with van der Waals surface area (Å²) < 4.78 is 52.3. The molecular weight excluding hydrogens is 418 g/mol. The van der Waals surface area contributed by atoms with Crippen LogP contribution in [-0.2, 0) is 17.5 Å². The first-order valence-electron chi connectivity index (χ1n) is 9.54. The number of alkyl halides is 3. The molecule has 1 aliphatic heterocycles. The van der Waals surface area contributed by atoms with Crippen molar-refractivity contribution in [2.24, 2.45) is 5.92 Å². The van der Waals surface area contributed by atoms with Crippen LogP contribution in [0.25, 0.3) is 10.2 Å².